The minimum atomic E-state index is -2.22. The fourth-order valence-electron chi connectivity index (χ4n) is 10.9. The number of phenolic OH excluding ortho intramolecular Hbond substituents is 1. The van der Waals surface area contributed by atoms with Crippen molar-refractivity contribution < 1.29 is 97.7 Å². The van der Waals surface area contributed by atoms with Gasteiger partial charge >= 0.3 is 0 Å². The molecule has 3 aliphatic heterocycles. The summed E-state index contributed by atoms with van der Waals surface area (Å²) in [4.78, 5) is 115. The van der Waals surface area contributed by atoms with Gasteiger partial charge in [-0.15, -0.1) is 10.2 Å². The van der Waals surface area contributed by atoms with Gasteiger partial charge in [-0.3, -0.25) is 38.4 Å². The molecular formula is C56H70N10O20S2. The summed E-state index contributed by atoms with van der Waals surface area (Å²) in [6.07, 6.45) is -7.92. The van der Waals surface area contributed by atoms with Crippen molar-refractivity contribution in [1.82, 2.24) is 46.6 Å². The average Bonchev–Trinajstić information content (AvgIpc) is 2.99. The number of primary amides is 1. The summed E-state index contributed by atoms with van der Waals surface area (Å²) in [5.41, 5.74) is 6.90. The first kappa shape index (κ1) is 66.3. The number of hydrogen-bond acceptors (Lipinski definition) is 24. The Morgan fingerprint density at radius 1 is 0.773 bits per heavy atom. The molecule has 1 aliphatic carbocycles. The molecule has 30 nitrogen and oxygen atoms in total. The number of hydrogen-bond donors (Lipinski definition) is 14. The van der Waals surface area contributed by atoms with Crippen molar-refractivity contribution in [2.24, 2.45) is 11.7 Å². The Morgan fingerprint density at radius 2 is 1.41 bits per heavy atom. The molecule has 3 aromatic carbocycles. The average molecular weight is 1270 g/mol. The summed E-state index contributed by atoms with van der Waals surface area (Å²) in [6.45, 7) is 0.870. The maximum atomic E-state index is 14.7. The summed E-state index contributed by atoms with van der Waals surface area (Å²) < 4.78 is 15.5. The zero-order valence-corrected chi connectivity index (χ0v) is 49.2. The van der Waals surface area contributed by atoms with Gasteiger partial charge < -0.3 is 86.8 Å². The van der Waals surface area contributed by atoms with Crippen molar-refractivity contribution in [3.05, 3.63) is 77.9 Å². The Balaban J connectivity index is 1.08. The first-order valence-electron chi connectivity index (χ1n) is 28.3. The molecule has 88 heavy (non-hydrogen) atoms. The number of benzene rings is 3. The third-order valence-electron chi connectivity index (χ3n) is 15.6. The Kier molecular flexibility index (Phi) is 22.6. The second-order valence-electron chi connectivity index (χ2n) is 22.2. The third-order valence-corrected chi connectivity index (χ3v) is 17.0. The highest BCUT2D eigenvalue weighted by molar-refractivity contribution is 7.90. The smallest absolute Gasteiger partial charge is 0.261 e. The molecule has 13 atom stereocenters. The molecule has 13 unspecified atom stereocenters. The van der Waals surface area contributed by atoms with E-state index in [1.54, 1.807) is 12.1 Å². The van der Waals surface area contributed by atoms with E-state index in [2.05, 4.69) is 46.2 Å². The van der Waals surface area contributed by atoms with E-state index in [9.17, 15) is 74.1 Å². The standard InChI is InChI=1S/C56H70N10O20S2/c1-26-24-66-46(47(26)74)52(79)58-23-32(68)20-36(59-48(75)29-9-11-30(12-10-29)53-63-64-54(87-53)31-13-15-35(16-14-31)83-34-6-4-3-5-7-34)49(76)60-43(27(2)67)55(80)65-25-33(69)21-37(65)50(77)61-44(51(78)62-45(56(66)81)40(72)22-42(57)73)39(71)18-28-8-17-38(70)41(19-28)84-88-86-85-82/h8-17,19,26-27,32-34,36-37,39-40,43-47,67-72,74,82H,3-7,18,20-25H2,1-2H3,(H2,57,73)(H,58,79)(H,59,75)(H,60,76)(H,61,77)(H,62,78). The van der Waals surface area contributed by atoms with Gasteiger partial charge in [-0.1, -0.05) is 52.3 Å². The molecule has 0 bridgehead atoms. The first-order valence-corrected chi connectivity index (χ1v) is 29.8. The minimum Gasteiger partial charge on any atom is -0.504 e. The van der Waals surface area contributed by atoms with Crippen molar-refractivity contribution in [2.45, 2.75) is 151 Å². The lowest BCUT2D eigenvalue weighted by Crippen LogP contribution is -2.64. The summed E-state index contributed by atoms with van der Waals surface area (Å²) in [7, 11) is 0. The molecule has 1 aromatic heterocycles. The molecule has 32 heteroatoms. The van der Waals surface area contributed by atoms with Gasteiger partial charge in [0.25, 0.3) is 18.2 Å². The molecule has 476 valence electrons. The zero-order valence-electron chi connectivity index (χ0n) is 47.6. The van der Waals surface area contributed by atoms with Crippen LogP contribution in [0.3, 0.4) is 0 Å². The van der Waals surface area contributed by atoms with E-state index in [-0.39, 0.29) is 35.3 Å². The second kappa shape index (κ2) is 30.0. The minimum absolute atomic E-state index is 0.00798. The van der Waals surface area contributed by atoms with Crippen LogP contribution in [0.25, 0.3) is 21.1 Å². The normalized spacial score (nSPS) is 26.5. The van der Waals surface area contributed by atoms with Crippen LogP contribution in [-0.4, -0.2) is 207 Å². The van der Waals surface area contributed by atoms with Crippen molar-refractivity contribution in [3.8, 4) is 38.4 Å². The zero-order chi connectivity index (χ0) is 63.5. The number of phenols is 1. The molecule has 4 aromatic rings. The number of carbonyl (C=O) groups excluding carboxylic acids is 8. The van der Waals surface area contributed by atoms with Crippen LogP contribution in [0.4, 0.5) is 0 Å². The predicted molar refractivity (Wildman–Crippen MR) is 308 cm³/mol. The summed E-state index contributed by atoms with van der Waals surface area (Å²) in [6, 6.07) is 5.48. The molecule has 1 saturated carbocycles. The quantitative estimate of drug-likeness (QED) is 0.0247. The van der Waals surface area contributed by atoms with Crippen LogP contribution in [0.5, 0.6) is 17.2 Å². The van der Waals surface area contributed by atoms with Gasteiger partial charge in [-0.05, 0) is 86.7 Å². The van der Waals surface area contributed by atoms with E-state index in [1.807, 2.05) is 24.3 Å². The lowest BCUT2D eigenvalue weighted by molar-refractivity contribution is -0.433. The lowest BCUT2D eigenvalue weighted by Gasteiger charge is -2.33. The number of aromatic nitrogens is 2. The number of carbonyl (C=O) groups is 8. The van der Waals surface area contributed by atoms with E-state index in [0.29, 0.717) is 15.6 Å². The van der Waals surface area contributed by atoms with Crippen molar-refractivity contribution >= 4 is 70.9 Å². The number of nitrogens with two attached hydrogens (primary N) is 1. The summed E-state index contributed by atoms with van der Waals surface area (Å²) >= 11 is 1.36. The van der Waals surface area contributed by atoms with Crippen LogP contribution in [0, 0.1) is 5.92 Å². The Hall–Kier alpha value is -7.63. The van der Waals surface area contributed by atoms with Crippen LogP contribution >= 0.6 is 23.7 Å². The molecule has 4 aliphatic rings. The van der Waals surface area contributed by atoms with Crippen molar-refractivity contribution in [1.29, 1.82) is 0 Å². The van der Waals surface area contributed by atoms with Gasteiger partial charge in [-0.25, -0.2) is 5.26 Å². The molecule has 15 N–H and O–H groups in total. The highest BCUT2D eigenvalue weighted by Crippen LogP contribution is 2.34. The number of nitrogens with one attached hydrogen (secondary N) is 5. The van der Waals surface area contributed by atoms with Crippen LogP contribution < -0.4 is 41.2 Å². The first-order chi connectivity index (χ1) is 42.0. The molecular weight excluding hydrogens is 1200 g/mol. The maximum absolute atomic E-state index is 14.7. The molecule has 4 heterocycles. The number of fused-ring (bicyclic) bond motifs is 2. The number of aliphatic hydroxyl groups is 6. The third kappa shape index (κ3) is 16.5. The topological polar surface area (TPSA) is 454 Å². The maximum Gasteiger partial charge on any atom is 0.261 e. The van der Waals surface area contributed by atoms with Crippen molar-refractivity contribution in [2.75, 3.05) is 19.6 Å². The molecule has 0 spiro atoms. The fraction of sp³-hybridized carbons (Fsp3) is 0.500. The number of ether oxygens (including phenoxy) is 1. The molecule has 3 saturated heterocycles. The van der Waals surface area contributed by atoms with Crippen LogP contribution in [-0.2, 0) is 49.4 Å². The molecule has 8 amide bonds. The highest BCUT2D eigenvalue weighted by Gasteiger charge is 2.50. The van der Waals surface area contributed by atoms with Gasteiger partial charge in [0.05, 0.1) is 49.1 Å². The van der Waals surface area contributed by atoms with Gasteiger partial charge in [0.2, 0.25) is 41.4 Å². The van der Waals surface area contributed by atoms with Crippen LogP contribution in [0.15, 0.2) is 66.7 Å². The van der Waals surface area contributed by atoms with Gasteiger partial charge in [0, 0.05) is 61.5 Å². The van der Waals surface area contributed by atoms with E-state index < -0.39 is 177 Å². The summed E-state index contributed by atoms with van der Waals surface area (Å²) in [5.74, 6) is -10.3. The van der Waals surface area contributed by atoms with E-state index >= 15 is 0 Å². The number of nitrogens with zero attached hydrogens (tertiary/aromatic N) is 4. The highest BCUT2D eigenvalue weighted by atomic mass is 32.2. The second-order valence-corrected chi connectivity index (χ2v) is 23.6. The largest absolute Gasteiger partial charge is 0.504 e. The number of rotatable bonds is 17. The lowest BCUT2D eigenvalue weighted by atomic mass is 9.98. The Labute approximate surface area is 511 Å². The van der Waals surface area contributed by atoms with E-state index in [1.165, 1.54) is 42.9 Å². The Bertz CT molecular complexity index is 3140. The van der Waals surface area contributed by atoms with Crippen LogP contribution in [0.2, 0.25) is 0 Å². The van der Waals surface area contributed by atoms with Gasteiger partial charge in [-0.2, -0.15) is 0 Å². The number of amides is 8. The van der Waals surface area contributed by atoms with Gasteiger partial charge in [0.1, 0.15) is 52.0 Å². The molecule has 8 rings (SSSR count). The van der Waals surface area contributed by atoms with Crippen molar-refractivity contribution in [3.63, 3.8) is 0 Å². The number of aliphatic hydroxyl groups excluding tert-OH is 6. The number of β-amino-alcohol motifs (C(OH)–C–C–N with tert-alkyl or cyclic N) is 1. The Morgan fingerprint density at radius 3 is 2.06 bits per heavy atom. The molecule has 0 radical (unpaired) electrons. The summed E-state index contributed by atoms with van der Waals surface area (Å²) in [5, 5.41) is 112. The van der Waals surface area contributed by atoms with E-state index in [0.717, 1.165) is 65.9 Å². The fourth-order valence-corrected chi connectivity index (χ4v) is 12.0. The predicted octanol–water partition coefficient (Wildman–Crippen LogP) is -1.52. The SMILES string of the molecule is CC(O)C1NC(=O)C(NC(=O)c2ccc(-c3nnc(-c4ccc(OC5CCCCC5)cc4)s3)cc2)CC(O)CNC(=O)C2C(O)C(C)CN2C(=O)C(C(O)CC(N)=O)NC(=O)C(C(O)Cc2ccc(O)c(OSOOO)c2)NC(=O)C2CC(O)CN2C1=O. The van der Waals surface area contributed by atoms with Crippen LogP contribution in [0.1, 0.15) is 81.1 Å². The monoisotopic (exact) mass is 1270 g/mol. The number of aromatic hydroxyl groups is 1. The molecule has 4 fully saturated rings. The van der Waals surface area contributed by atoms with Gasteiger partial charge in [0.15, 0.2) is 11.5 Å². The van der Waals surface area contributed by atoms with E-state index in [4.69, 9.17) is 19.9 Å².